The maximum atomic E-state index is 14.0. The zero-order valence-corrected chi connectivity index (χ0v) is 41.0. The van der Waals surface area contributed by atoms with Crippen molar-refractivity contribution in [2.45, 2.75) is 56.9 Å². The number of aryl methyl sites for hydroxylation is 1. The molecule has 18 heteroatoms. The second kappa shape index (κ2) is 20.2. The largest absolute Gasteiger partial charge is 0.455 e. The number of halogens is 1. The maximum absolute atomic E-state index is 14.0. The van der Waals surface area contributed by atoms with E-state index < -0.39 is 32.9 Å². The molecule has 2 saturated heterocycles. The molecule has 356 valence electrons. The molecule has 0 radical (unpaired) electrons. The minimum Gasteiger partial charge on any atom is -0.455 e. The van der Waals surface area contributed by atoms with E-state index in [9.17, 15) is 27.9 Å². The molecular weight excluding hydrogens is 913 g/mol. The number of nitro groups is 1. The highest BCUT2D eigenvalue weighted by atomic mass is 35.5. The summed E-state index contributed by atoms with van der Waals surface area (Å²) < 4.78 is 54.3. The lowest BCUT2D eigenvalue weighted by atomic mass is 9.72. The zero-order chi connectivity index (χ0) is 47.5. The molecule has 1 amide bonds. The summed E-state index contributed by atoms with van der Waals surface area (Å²) in [5, 5.41) is 13.9. The first-order valence-corrected chi connectivity index (χ1v) is 27.2. The van der Waals surface area contributed by atoms with Crippen LogP contribution in [-0.4, -0.2) is 124 Å². The number of benzene rings is 3. The summed E-state index contributed by atoms with van der Waals surface area (Å²) >= 11 is 6.25. The van der Waals surface area contributed by atoms with Crippen LogP contribution in [0.4, 0.5) is 11.4 Å². The average molecular weight is 973 g/mol. The Balaban J connectivity index is 0.990. The number of hydrogen-bond donors (Lipinski definition) is 2. The molecule has 0 bridgehead atoms. The minimum absolute atomic E-state index is 0.0468. The number of fused-ring (bicyclic) bond motifs is 1. The van der Waals surface area contributed by atoms with Crippen molar-refractivity contribution in [2.24, 2.45) is 5.41 Å². The third kappa shape index (κ3) is 11.8. The Morgan fingerprint density at radius 1 is 1.01 bits per heavy atom. The van der Waals surface area contributed by atoms with Crippen LogP contribution in [0.5, 0.6) is 11.5 Å². The van der Waals surface area contributed by atoms with Gasteiger partial charge in [0, 0.05) is 111 Å². The molecule has 2 aromatic heterocycles. The summed E-state index contributed by atoms with van der Waals surface area (Å²) in [6, 6.07) is 20.5. The third-order valence-corrected chi connectivity index (χ3v) is 17.3. The number of allylic oxidation sites excluding steroid dienone is 1. The molecule has 1 unspecified atom stereocenters. The van der Waals surface area contributed by atoms with Crippen molar-refractivity contribution in [3.63, 3.8) is 0 Å². The number of piperazine rings is 1. The quantitative estimate of drug-likeness (QED) is 0.0545. The number of hydrogen-bond acceptors (Lipinski definition) is 12. The monoisotopic (exact) mass is 971 g/mol. The predicted octanol–water partition coefficient (Wildman–Crippen LogP) is 9.08. The van der Waals surface area contributed by atoms with E-state index >= 15 is 0 Å². The van der Waals surface area contributed by atoms with E-state index in [0.717, 1.165) is 61.1 Å². The van der Waals surface area contributed by atoms with Crippen molar-refractivity contribution in [1.29, 1.82) is 0 Å². The van der Waals surface area contributed by atoms with E-state index in [0.29, 0.717) is 68.5 Å². The summed E-state index contributed by atoms with van der Waals surface area (Å²) in [6.07, 6.45) is 8.46. The molecule has 2 fully saturated rings. The number of methoxy groups -OCH3 is 1. The highest BCUT2D eigenvalue weighted by molar-refractivity contribution is 7.90. The van der Waals surface area contributed by atoms with Gasteiger partial charge in [-0.25, -0.2) is 18.1 Å². The highest BCUT2D eigenvalue weighted by Gasteiger charge is 2.32. The van der Waals surface area contributed by atoms with Gasteiger partial charge in [0.05, 0.1) is 35.3 Å². The van der Waals surface area contributed by atoms with Crippen LogP contribution < -0.4 is 14.4 Å². The number of aromatic amines is 1. The number of ether oxygens (including phenoxy) is 2. The van der Waals surface area contributed by atoms with Crippen LogP contribution in [0.1, 0.15) is 61.0 Å². The number of nitro benzene ring substituents is 1. The molecule has 8 rings (SSSR count). The molecule has 3 aliphatic rings. The number of amides is 1. The Kier molecular flexibility index (Phi) is 14.6. The van der Waals surface area contributed by atoms with Crippen LogP contribution in [0.15, 0.2) is 95.7 Å². The van der Waals surface area contributed by atoms with Gasteiger partial charge in [-0.2, -0.15) is 0 Å². The Labute approximate surface area is 397 Å². The predicted molar refractivity (Wildman–Crippen MR) is 264 cm³/mol. The van der Waals surface area contributed by atoms with E-state index in [1.807, 2.05) is 24.9 Å². The van der Waals surface area contributed by atoms with E-state index in [2.05, 4.69) is 55.4 Å². The van der Waals surface area contributed by atoms with Gasteiger partial charge in [-0.05, 0) is 97.8 Å². The molecule has 0 saturated carbocycles. The first-order valence-electron chi connectivity index (χ1n) is 22.8. The number of carbonyl (C=O) groups excluding carboxylic acids is 1. The fourth-order valence-corrected chi connectivity index (χ4v) is 12.2. The van der Waals surface area contributed by atoms with E-state index in [-0.39, 0.29) is 34.9 Å². The normalized spacial score (nSPS) is 18.5. The van der Waals surface area contributed by atoms with Gasteiger partial charge in [-0.15, -0.1) is 0 Å². The molecule has 5 aromatic rings. The van der Waals surface area contributed by atoms with Crippen molar-refractivity contribution in [1.82, 2.24) is 24.5 Å². The van der Waals surface area contributed by atoms with Crippen molar-refractivity contribution < 1.29 is 32.2 Å². The third-order valence-electron chi connectivity index (χ3n) is 13.5. The van der Waals surface area contributed by atoms with Crippen LogP contribution in [0.25, 0.3) is 16.6 Å². The van der Waals surface area contributed by atoms with Crippen LogP contribution in [0.3, 0.4) is 0 Å². The number of sulfonamides is 1. The zero-order valence-electron chi connectivity index (χ0n) is 38.5. The Morgan fingerprint density at radius 3 is 2.48 bits per heavy atom. The first kappa shape index (κ1) is 48.4. The summed E-state index contributed by atoms with van der Waals surface area (Å²) in [5.41, 5.74) is 5.70. The fraction of sp³-hybridized carbons (Fsp3) is 0.429. The number of aromatic nitrogens is 2. The minimum atomic E-state index is -4.60. The Hall–Kier alpha value is -5.09. The van der Waals surface area contributed by atoms with Gasteiger partial charge < -0.3 is 23.9 Å². The molecule has 1 aliphatic carbocycles. The second-order valence-electron chi connectivity index (χ2n) is 19.0. The van der Waals surface area contributed by atoms with Crippen molar-refractivity contribution in [3.8, 4) is 11.5 Å². The van der Waals surface area contributed by atoms with Crippen LogP contribution in [0.2, 0.25) is 5.02 Å². The van der Waals surface area contributed by atoms with Crippen molar-refractivity contribution >= 4 is 62.7 Å². The van der Waals surface area contributed by atoms with Gasteiger partial charge in [-0.1, -0.05) is 49.2 Å². The summed E-state index contributed by atoms with van der Waals surface area (Å²) in [5.74, 6) is -0.500. The van der Waals surface area contributed by atoms with Crippen LogP contribution >= 0.6 is 18.7 Å². The number of H-pyrrole nitrogens is 1. The highest BCUT2D eigenvalue weighted by Crippen LogP contribution is 2.45. The smallest absolute Gasteiger partial charge is 0.273 e. The molecule has 2 aliphatic heterocycles. The lowest BCUT2D eigenvalue weighted by Gasteiger charge is -2.39. The van der Waals surface area contributed by atoms with Gasteiger partial charge in [0.25, 0.3) is 21.6 Å². The molecule has 2 N–H and O–H groups in total. The van der Waals surface area contributed by atoms with Gasteiger partial charge in [0.2, 0.25) is 0 Å². The van der Waals surface area contributed by atoms with Crippen molar-refractivity contribution in [3.05, 3.63) is 123 Å². The van der Waals surface area contributed by atoms with Gasteiger partial charge in [0.15, 0.2) is 0 Å². The number of nitrogens with zero attached hydrogens (tertiary/aromatic N) is 5. The molecule has 1 atom stereocenters. The number of anilines is 1. The topological polar surface area (TPSA) is 180 Å². The van der Waals surface area contributed by atoms with Gasteiger partial charge in [-0.3, -0.25) is 24.7 Å². The summed E-state index contributed by atoms with van der Waals surface area (Å²) in [7, 11) is -5.16. The second-order valence-corrected chi connectivity index (χ2v) is 24.6. The average Bonchev–Trinajstić information content (AvgIpc) is 3.77. The SMILES string of the molecule is COCC(CCc1ccc(S(=O)(=O)NC(=O)c2ccc(N3CCN(CC4=C(c5ccc(Cl)cc5)CC(C)(C)CC4)CC3)cc2Oc2cnc3[nH]ccc3c2)cc1[N+](=O)[O-])N1CCP(C)(=O)CC1. The molecule has 4 heterocycles. The summed E-state index contributed by atoms with van der Waals surface area (Å²) in [4.78, 5) is 39.8. The molecule has 0 spiro atoms. The fourth-order valence-electron chi connectivity index (χ4n) is 9.46. The van der Waals surface area contributed by atoms with Gasteiger partial charge >= 0.3 is 0 Å². The lowest BCUT2D eigenvalue weighted by molar-refractivity contribution is -0.385. The first-order chi connectivity index (χ1) is 32.0. The Bertz CT molecular complexity index is 2810. The van der Waals surface area contributed by atoms with E-state index in [1.54, 1.807) is 37.6 Å². The van der Waals surface area contributed by atoms with Crippen molar-refractivity contribution in [2.75, 3.05) is 83.4 Å². The number of rotatable bonds is 16. The molecule has 15 nitrogen and oxygen atoms in total. The van der Waals surface area contributed by atoms with E-state index in [1.165, 1.54) is 35.0 Å². The van der Waals surface area contributed by atoms with Crippen LogP contribution in [0, 0.1) is 15.5 Å². The molecule has 3 aromatic carbocycles. The van der Waals surface area contributed by atoms with E-state index in [4.69, 9.17) is 21.1 Å². The van der Waals surface area contributed by atoms with Gasteiger partial charge in [0.1, 0.15) is 17.1 Å². The lowest BCUT2D eigenvalue weighted by Crippen LogP contribution is -2.47. The molecular formula is C49H59ClN7O8PS. The van der Waals surface area contributed by atoms with Crippen LogP contribution in [-0.2, 0) is 25.7 Å². The molecule has 67 heavy (non-hydrogen) atoms. The maximum Gasteiger partial charge on any atom is 0.273 e. The standard InChI is InChI=1S/C49H59ClN7O8PS/c1-49(2)17-15-37(44(30-49)34-5-9-38(50)10-6-34)32-54-19-21-55(22-20-54)39-12-14-43(46(28-39)65-41-27-36-16-18-51-47(36)52-31-41)48(58)53-67(62,63)42-13-8-35(45(29-42)57(59)60)7-11-40(33-64-3)56-23-25-66(4,61)26-24-56/h5-6,8-10,12-14,16,18,27-29,31,40H,7,11,15,17,19-26,30,32-33H2,1-4H3,(H,51,52)(H,53,58). The number of carbonyl (C=O) groups is 1. The number of nitrogens with one attached hydrogen (secondary N) is 2. The summed E-state index contributed by atoms with van der Waals surface area (Å²) in [6.45, 7) is 12.1. The Morgan fingerprint density at radius 2 is 1.76 bits per heavy atom. The number of pyridine rings is 1.